The quantitative estimate of drug-likeness (QED) is 0.394. The van der Waals surface area contributed by atoms with Gasteiger partial charge >= 0.3 is 6.02 Å². The Morgan fingerprint density at radius 2 is 2.00 bits per heavy atom. The molecule has 1 N–H and O–H groups in total. The molecule has 0 bridgehead atoms. The summed E-state index contributed by atoms with van der Waals surface area (Å²) < 4.78 is 18.5. The Labute approximate surface area is 116 Å². The van der Waals surface area contributed by atoms with Crippen LogP contribution in [-0.4, -0.2) is 6.02 Å². The van der Waals surface area contributed by atoms with Crippen LogP contribution < -0.4 is 10.1 Å². The molecular weight excluding hydrogens is 257 g/mol. The summed E-state index contributed by atoms with van der Waals surface area (Å²) in [5.74, 6) is 0.217. The number of amidine groups is 1. The van der Waals surface area contributed by atoms with Gasteiger partial charge in [-0.1, -0.05) is 18.2 Å². The molecule has 0 saturated heterocycles. The number of aryl methyl sites for hydroxylation is 1. The highest BCUT2D eigenvalue weighted by Crippen LogP contribution is 2.19. The summed E-state index contributed by atoms with van der Waals surface area (Å²) in [5.41, 5.74) is 1.18. The van der Waals surface area contributed by atoms with Gasteiger partial charge in [-0.3, -0.25) is 0 Å². The predicted molar refractivity (Wildman–Crippen MR) is 74.1 cm³/mol. The fourth-order valence-corrected chi connectivity index (χ4v) is 1.58. The van der Waals surface area contributed by atoms with E-state index in [-0.39, 0.29) is 11.8 Å². The number of nitriles is 1. The van der Waals surface area contributed by atoms with Crippen molar-refractivity contribution >= 4 is 11.7 Å². The van der Waals surface area contributed by atoms with Gasteiger partial charge in [0.25, 0.3) is 0 Å². The number of aliphatic imine (C=N–C) groups is 1. The van der Waals surface area contributed by atoms with E-state index < -0.39 is 0 Å². The van der Waals surface area contributed by atoms with Crippen LogP contribution in [0.25, 0.3) is 0 Å². The second-order valence-electron chi connectivity index (χ2n) is 4.00. The lowest BCUT2D eigenvalue weighted by atomic mass is 10.2. The molecule has 0 aliphatic heterocycles. The van der Waals surface area contributed by atoms with Gasteiger partial charge < -0.3 is 4.74 Å². The monoisotopic (exact) mass is 269 g/mol. The van der Waals surface area contributed by atoms with E-state index >= 15 is 0 Å². The van der Waals surface area contributed by atoms with E-state index in [4.69, 9.17) is 10.00 Å². The van der Waals surface area contributed by atoms with Gasteiger partial charge in [0.2, 0.25) is 0 Å². The molecule has 5 heteroatoms. The van der Waals surface area contributed by atoms with Crippen molar-refractivity contribution in [3.8, 4) is 11.9 Å². The minimum absolute atomic E-state index is 0.0356. The van der Waals surface area contributed by atoms with Crippen molar-refractivity contribution in [1.82, 2.24) is 5.32 Å². The van der Waals surface area contributed by atoms with Crippen molar-refractivity contribution in [1.29, 1.82) is 5.26 Å². The van der Waals surface area contributed by atoms with Crippen molar-refractivity contribution in [3.05, 3.63) is 59.9 Å². The first-order valence-corrected chi connectivity index (χ1v) is 5.92. The second kappa shape index (κ2) is 6.34. The topological polar surface area (TPSA) is 57.4 Å². The third kappa shape index (κ3) is 3.56. The van der Waals surface area contributed by atoms with Gasteiger partial charge in [0, 0.05) is 0 Å². The zero-order chi connectivity index (χ0) is 14.4. The number of hydrogen-bond donors (Lipinski definition) is 1. The Kier molecular flexibility index (Phi) is 4.30. The van der Waals surface area contributed by atoms with E-state index in [9.17, 15) is 4.39 Å². The first kappa shape index (κ1) is 13.6. The molecule has 0 aromatic heterocycles. The Morgan fingerprint density at radius 3 is 2.65 bits per heavy atom. The summed E-state index contributed by atoms with van der Waals surface area (Å²) >= 11 is 0. The number of para-hydroxylation sites is 1. The zero-order valence-corrected chi connectivity index (χ0v) is 10.8. The van der Waals surface area contributed by atoms with Gasteiger partial charge in [-0.15, -0.1) is 0 Å². The highest BCUT2D eigenvalue weighted by Gasteiger charge is 2.05. The Morgan fingerprint density at radius 1 is 1.25 bits per heavy atom. The van der Waals surface area contributed by atoms with Crippen LogP contribution in [0.3, 0.4) is 0 Å². The first-order valence-electron chi connectivity index (χ1n) is 5.92. The molecular formula is C15H12FN3O. The van der Waals surface area contributed by atoms with Crippen molar-refractivity contribution in [2.75, 3.05) is 0 Å². The number of hydrogen-bond acceptors (Lipinski definition) is 3. The zero-order valence-electron chi connectivity index (χ0n) is 10.8. The maximum Gasteiger partial charge on any atom is 0.309 e. The van der Waals surface area contributed by atoms with Crippen molar-refractivity contribution < 1.29 is 9.13 Å². The number of nitrogens with one attached hydrogen (secondary N) is 1. The molecule has 2 rings (SSSR count). The molecule has 0 radical (unpaired) electrons. The Hall–Kier alpha value is -2.87. The molecule has 0 saturated carbocycles. The number of ether oxygens (including phenoxy) is 1. The number of halogens is 1. The third-order valence-corrected chi connectivity index (χ3v) is 2.50. The standard InChI is InChI=1S/C15H12FN3O/c1-11-9-12(16)7-8-14(11)19-15(18-10-17)20-13-5-3-2-4-6-13/h2-9H,1H3,(H,18,19). The summed E-state index contributed by atoms with van der Waals surface area (Å²) in [7, 11) is 0. The van der Waals surface area contributed by atoms with Gasteiger partial charge in [0.15, 0.2) is 6.19 Å². The SMILES string of the molecule is Cc1cc(F)ccc1N=C(NC#N)Oc1ccccc1. The van der Waals surface area contributed by atoms with Crippen molar-refractivity contribution in [2.24, 2.45) is 4.99 Å². The van der Waals surface area contributed by atoms with E-state index in [0.29, 0.717) is 17.0 Å². The summed E-state index contributed by atoms with van der Waals surface area (Å²) in [6, 6.07) is 13.2. The minimum Gasteiger partial charge on any atom is -0.425 e. The van der Waals surface area contributed by atoms with E-state index in [2.05, 4.69) is 10.3 Å². The average molecular weight is 269 g/mol. The summed E-state index contributed by atoms with van der Waals surface area (Å²) in [6.07, 6.45) is 1.76. The molecule has 0 spiro atoms. The van der Waals surface area contributed by atoms with E-state index in [1.54, 1.807) is 25.2 Å². The van der Waals surface area contributed by atoms with Gasteiger partial charge in [0.1, 0.15) is 11.6 Å². The van der Waals surface area contributed by atoms with Crippen LogP contribution in [0.4, 0.5) is 10.1 Å². The van der Waals surface area contributed by atoms with Crippen LogP contribution in [0.2, 0.25) is 0 Å². The number of benzene rings is 2. The predicted octanol–water partition coefficient (Wildman–Crippen LogP) is 3.27. The van der Waals surface area contributed by atoms with Gasteiger partial charge in [-0.25, -0.2) is 9.71 Å². The fourth-order valence-electron chi connectivity index (χ4n) is 1.58. The molecule has 4 nitrogen and oxygen atoms in total. The van der Waals surface area contributed by atoms with Crippen LogP contribution in [0.15, 0.2) is 53.5 Å². The van der Waals surface area contributed by atoms with E-state index in [1.807, 2.05) is 18.2 Å². The van der Waals surface area contributed by atoms with Crippen LogP contribution in [0.1, 0.15) is 5.56 Å². The second-order valence-corrected chi connectivity index (χ2v) is 4.00. The maximum atomic E-state index is 13.0. The van der Waals surface area contributed by atoms with Crippen LogP contribution in [0.5, 0.6) is 5.75 Å². The average Bonchev–Trinajstić information content (AvgIpc) is 2.43. The molecule has 2 aromatic carbocycles. The minimum atomic E-state index is -0.333. The lowest BCUT2D eigenvalue weighted by molar-refractivity contribution is 0.531. The van der Waals surface area contributed by atoms with Crippen molar-refractivity contribution in [3.63, 3.8) is 0 Å². The molecule has 0 heterocycles. The molecule has 0 aliphatic carbocycles. The lowest BCUT2D eigenvalue weighted by Gasteiger charge is -2.07. The third-order valence-electron chi connectivity index (χ3n) is 2.50. The normalized spacial score (nSPS) is 10.8. The summed E-state index contributed by atoms with van der Waals surface area (Å²) in [4.78, 5) is 4.18. The van der Waals surface area contributed by atoms with E-state index in [0.717, 1.165) is 0 Å². The molecule has 0 fully saturated rings. The highest BCUT2D eigenvalue weighted by molar-refractivity contribution is 5.81. The maximum absolute atomic E-state index is 13.0. The summed E-state index contributed by atoms with van der Waals surface area (Å²) in [6.45, 7) is 1.73. The largest absolute Gasteiger partial charge is 0.425 e. The molecule has 20 heavy (non-hydrogen) atoms. The smallest absolute Gasteiger partial charge is 0.309 e. The summed E-state index contributed by atoms with van der Waals surface area (Å²) in [5, 5.41) is 11.1. The Bertz CT molecular complexity index is 663. The van der Waals surface area contributed by atoms with Crippen LogP contribution in [-0.2, 0) is 0 Å². The fraction of sp³-hybridized carbons (Fsp3) is 0.0667. The molecule has 0 amide bonds. The van der Waals surface area contributed by atoms with Crippen molar-refractivity contribution in [2.45, 2.75) is 6.92 Å². The molecule has 100 valence electrons. The number of rotatable bonds is 2. The molecule has 0 unspecified atom stereocenters. The van der Waals surface area contributed by atoms with Gasteiger partial charge in [-0.2, -0.15) is 10.3 Å². The van der Waals surface area contributed by atoms with Crippen LogP contribution >= 0.6 is 0 Å². The first-order chi connectivity index (χ1) is 9.69. The molecule has 2 aromatic rings. The van der Waals surface area contributed by atoms with Gasteiger partial charge in [-0.05, 0) is 42.8 Å². The van der Waals surface area contributed by atoms with Crippen LogP contribution in [0, 0.1) is 24.2 Å². The van der Waals surface area contributed by atoms with E-state index in [1.165, 1.54) is 18.2 Å². The number of nitrogens with zero attached hydrogens (tertiary/aromatic N) is 2. The van der Waals surface area contributed by atoms with Gasteiger partial charge in [0.05, 0.1) is 5.69 Å². The highest BCUT2D eigenvalue weighted by atomic mass is 19.1. The Balaban J connectivity index is 2.28. The lowest BCUT2D eigenvalue weighted by Crippen LogP contribution is -2.24. The molecule has 0 aliphatic rings. The molecule has 0 atom stereocenters.